The second kappa shape index (κ2) is 4.25. The fourth-order valence-electron chi connectivity index (χ4n) is 3.57. The molecule has 0 aromatic carbocycles. The van der Waals surface area contributed by atoms with Crippen LogP contribution in [0.2, 0.25) is 5.15 Å². The van der Waals surface area contributed by atoms with Gasteiger partial charge in [0.25, 0.3) is 0 Å². The molecule has 0 unspecified atom stereocenters. The molecule has 2 aliphatic rings. The molecular formula is C13H13ClN4O2. The summed E-state index contributed by atoms with van der Waals surface area (Å²) < 4.78 is 1.86. The quantitative estimate of drug-likeness (QED) is 0.636. The van der Waals surface area contributed by atoms with Crippen LogP contribution in [0.5, 0.6) is 0 Å². The fraction of sp³-hybridized carbons (Fsp3) is 0.462. The zero-order valence-corrected chi connectivity index (χ0v) is 11.3. The minimum absolute atomic E-state index is 0.0345. The highest BCUT2D eigenvalue weighted by Gasteiger charge is 2.48. The van der Waals surface area contributed by atoms with E-state index in [0.29, 0.717) is 16.3 Å². The second-order valence-electron chi connectivity index (χ2n) is 5.38. The van der Waals surface area contributed by atoms with Crippen molar-refractivity contribution in [3.05, 3.63) is 29.5 Å². The lowest BCUT2D eigenvalue weighted by Crippen LogP contribution is -2.30. The summed E-state index contributed by atoms with van der Waals surface area (Å²) in [6.07, 6.45) is 5.41. The summed E-state index contributed by atoms with van der Waals surface area (Å²) in [5.74, 6) is 0.230. The van der Waals surface area contributed by atoms with E-state index in [9.17, 15) is 10.2 Å². The molecule has 4 atom stereocenters. The third kappa shape index (κ3) is 1.49. The van der Waals surface area contributed by atoms with E-state index >= 15 is 0 Å². The Bertz CT molecular complexity index is 713. The van der Waals surface area contributed by atoms with E-state index in [1.54, 1.807) is 6.33 Å². The van der Waals surface area contributed by atoms with E-state index in [1.807, 2.05) is 10.6 Å². The normalized spacial score (nSPS) is 32.0. The van der Waals surface area contributed by atoms with E-state index in [4.69, 9.17) is 11.6 Å². The molecule has 2 aromatic heterocycles. The van der Waals surface area contributed by atoms with Gasteiger partial charge in [-0.2, -0.15) is 0 Å². The summed E-state index contributed by atoms with van der Waals surface area (Å²) >= 11 is 6.01. The summed E-state index contributed by atoms with van der Waals surface area (Å²) in [5.41, 5.74) is 2.16. The van der Waals surface area contributed by atoms with E-state index in [2.05, 4.69) is 15.0 Å². The van der Waals surface area contributed by atoms with Crippen LogP contribution in [-0.2, 0) is 0 Å². The molecule has 104 valence electrons. The molecule has 6 nitrogen and oxygen atoms in total. The minimum Gasteiger partial charge on any atom is -0.392 e. The van der Waals surface area contributed by atoms with E-state index in [0.717, 1.165) is 12.0 Å². The van der Waals surface area contributed by atoms with Crippen LogP contribution in [0, 0.1) is 11.8 Å². The monoisotopic (exact) mass is 292 g/mol. The van der Waals surface area contributed by atoms with E-state index in [-0.39, 0.29) is 24.5 Å². The van der Waals surface area contributed by atoms with Crippen molar-refractivity contribution < 1.29 is 10.2 Å². The second-order valence-corrected chi connectivity index (χ2v) is 5.73. The Morgan fingerprint density at radius 2 is 2.20 bits per heavy atom. The molecule has 7 heteroatoms. The summed E-state index contributed by atoms with van der Waals surface area (Å²) in [5, 5.41) is 20.2. The number of imidazole rings is 1. The predicted molar refractivity (Wildman–Crippen MR) is 72.1 cm³/mol. The first-order valence-corrected chi connectivity index (χ1v) is 6.91. The molecule has 0 radical (unpaired) electrons. The molecule has 20 heavy (non-hydrogen) atoms. The van der Waals surface area contributed by atoms with Crippen molar-refractivity contribution in [3.63, 3.8) is 0 Å². The van der Waals surface area contributed by atoms with E-state index in [1.165, 1.54) is 6.33 Å². The van der Waals surface area contributed by atoms with Crippen molar-refractivity contribution in [2.45, 2.75) is 18.6 Å². The smallest absolute Gasteiger partial charge is 0.165 e. The third-order valence-electron chi connectivity index (χ3n) is 4.45. The van der Waals surface area contributed by atoms with Crippen molar-refractivity contribution in [2.75, 3.05) is 6.61 Å². The molecule has 2 heterocycles. The zero-order chi connectivity index (χ0) is 13.9. The first kappa shape index (κ1) is 12.3. The first-order chi connectivity index (χ1) is 9.70. The van der Waals surface area contributed by atoms with Crippen molar-refractivity contribution >= 4 is 22.8 Å². The van der Waals surface area contributed by atoms with Crippen LogP contribution in [0.25, 0.3) is 11.2 Å². The Morgan fingerprint density at radius 3 is 2.95 bits per heavy atom. The Labute approximate surface area is 119 Å². The van der Waals surface area contributed by atoms with Crippen molar-refractivity contribution in [2.24, 2.45) is 11.8 Å². The highest BCUT2D eigenvalue weighted by Crippen LogP contribution is 2.50. The average Bonchev–Trinajstić information content (AvgIpc) is 3.11. The van der Waals surface area contributed by atoms with Crippen LogP contribution in [0.15, 0.2) is 24.3 Å². The minimum atomic E-state index is -0.485. The molecule has 0 saturated heterocycles. The van der Waals surface area contributed by atoms with Gasteiger partial charge in [-0.05, 0) is 12.0 Å². The summed E-state index contributed by atoms with van der Waals surface area (Å²) in [6, 6.07) is -0.150. The fourth-order valence-corrected chi connectivity index (χ4v) is 3.75. The highest BCUT2D eigenvalue weighted by atomic mass is 35.5. The number of rotatable bonds is 2. The molecule has 1 saturated carbocycles. The maximum atomic E-state index is 10.4. The maximum Gasteiger partial charge on any atom is 0.165 e. The first-order valence-electron chi connectivity index (χ1n) is 6.53. The van der Waals surface area contributed by atoms with Crippen molar-refractivity contribution in [1.29, 1.82) is 0 Å². The zero-order valence-electron chi connectivity index (χ0n) is 10.5. The van der Waals surface area contributed by atoms with E-state index < -0.39 is 6.10 Å². The van der Waals surface area contributed by atoms with Crippen molar-refractivity contribution in [3.8, 4) is 0 Å². The predicted octanol–water partition coefficient (Wildman–Crippen LogP) is 0.950. The lowest BCUT2D eigenvalue weighted by molar-refractivity contribution is 0.0977. The van der Waals surface area contributed by atoms with Gasteiger partial charge in [0.2, 0.25) is 0 Å². The van der Waals surface area contributed by atoms with Crippen LogP contribution < -0.4 is 0 Å². The van der Waals surface area contributed by atoms with Gasteiger partial charge in [0.05, 0.1) is 25.1 Å². The van der Waals surface area contributed by atoms with Gasteiger partial charge in [0.1, 0.15) is 11.8 Å². The summed E-state index contributed by atoms with van der Waals surface area (Å²) in [7, 11) is 0. The van der Waals surface area contributed by atoms with Crippen LogP contribution >= 0.6 is 11.6 Å². The van der Waals surface area contributed by atoms with Gasteiger partial charge >= 0.3 is 0 Å². The molecule has 1 fully saturated rings. The van der Waals surface area contributed by atoms with Gasteiger partial charge in [0.15, 0.2) is 10.8 Å². The summed E-state index contributed by atoms with van der Waals surface area (Å²) in [4.78, 5) is 12.4. The number of hydrogen-bond donors (Lipinski definition) is 2. The Morgan fingerprint density at radius 1 is 1.35 bits per heavy atom. The topological polar surface area (TPSA) is 84.1 Å². The Balaban J connectivity index is 1.84. The Hall–Kier alpha value is -1.50. The number of halogens is 1. The van der Waals surface area contributed by atoms with Gasteiger partial charge in [0, 0.05) is 11.8 Å². The maximum absolute atomic E-state index is 10.4. The SMILES string of the molecule is OCC1=C[C@@H]2C[C@H]1[C@@H](n1cnc3c(Cl)ncnc31)[C@H]2O. The molecule has 2 aliphatic carbocycles. The van der Waals surface area contributed by atoms with Gasteiger partial charge in [-0.15, -0.1) is 0 Å². The molecule has 4 rings (SSSR count). The molecule has 2 aromatic rings. The molecule has 2 bridgehead atoms. The van der Waals surface area contributed by atoms with Gasteiger partial charge in [-0.25, -0.2) is 15.0 Å². The number of nitrogens with zero attached hydrogens (tertiary/aromatic N) is 4. The number of hydrogen-bond acceptors (Lipinski definition) is 5. The van der Waals surface area contributed by atoms with Gasteiger partial charge in [-0.3, -0.25) is 0 Å². The largest absolute Gasteiger partial charge is 0.392 e. The number of aliphatic hydroxyl groups is 2. The summed E-state index contributed by atoms with van der Waals surface area (Å²) in [6.45, 7) is 0.0345. The van der Waals surface area contributed by atoms with Crippen LogP contribution in [0.1, 0.15) is 12.5 Å². The van der Waals surface area contributed by atoms with Crippen molar-refractivity contribution in [1.82, 2.24) is 19.5 Å². The number of fused-ring (bicyclic) bond motifs is 3. The molecule has 0 aliphatic heterocycles. The molecule has 2 N–H and O–H groups in total. The molecule has 0 spiro atoms. The highest BCUT2D eigenvalue weighted by molar-refractivity contribution is 6.33. The lowest BCUT2D eigenvalue weighted by atomic mass is 9.91. The Kier molecular flexibility index (Phi) is 2.60. The molecular weight excluding hydrogens is 280 g/mol. The number of aromatic nitrogens is 4. The van der Waals surface area contributed by atoms with Crippen LogP contribution in [0.3, 0.4) is 0 Å². The van der Waals surface area contributed by atoms with Crippen LogP contribution in [-0.4, -0.2) is 42.4 Å². The standard InChI is InChI=1S/C13H13ClN4O2/c14-12-9-13(16-4-15-12)18(5-17-9)10-8-2-6(11(10)20)1-7(8)3-19/h1,4-6,8,10-11,19-20H,2-3H2/t6-,8-,10-,11+/m1/s1. The lowest BCUT2D eigenvalue weighted by Gasteiger charge is -2.28. The van der Waals surface area contributed by atoms with Crippen LogP contribution in [0.4, 0.5) is 0 Å². The van der Waals surface area contributed by atoms with Gasteiger partial charge < -0.3 is 14.8 Å². The molecule has 0 amide bonds. The number of aliphatic hydroxyl groups excluding tert-OH is 2. The van der Waals surface area contributed by atoms with Gasteiger partial charge in [-0.1, -0.05) is 17.7 Å². The average molecular weight is 293 g/mol. The third-order valence-corrected chi connectivity index (χ3v) is 4.73.